The second-order valence-corrected chi connectivity index (χ2v) is 3.89. The van der Waals surface area contributed by atoms with E-state index in [2.05, 4.69) is 10.3 Å². The summed E-state index contributed by atoms with van der Waals surface area (Å²) >= 11 is 0. The van der Waals surface area contributed by atoms with Crippen molar-refractivity contribution in [3.63, 3.8) is 0 Å². The second-order valence-electron chi connectivity index (χ2n) is 3.89. The number of amides is 2. The lowest BCUT2D eigenvalue weighted by molar-refractivity contribution is -0.137. The maximum Gasteiger partial charge on any atom is 0.247 e. The Kier molecular flexibility index (Phi) is 4.66. The van der Waals surface area contributed by atoms with Gasteiger partial charge in [-0.25, -0.2) is 5.48 Å². The number of benzene rings is 1. The zero-order chi connectivity index (χ0) is 12.8. The minimum absolute atomic E-state index is 0.215. The first-order valence-electron chi connectivity index (χ1n) is 5.24. The van der Waals surface area contributed by atoms with Crippen LogP contribution in [0.4, 0.5) is 0 Å². The third kappa shape index (κ3) is 4.65. The van der Waals surface area contributed by atoms with Crippen LogP contribution >= 0.6 is 0 Å². The number of carbonyl (C=O) groups excluding carboxylic acids is 2. The number of hydrogen-bond acceptors (Lipinski definition) is 3. The van der Waals surface area contributed by atoms with Crippen LogP contribution in [-0.4, -0.2) is 18.4 Å². The van der Waals surface area contributed by atoms with Crippen LogP contribution in [0.2, 0.25) is 0 Å². The minimum Gasteiger partial charge on any atom is -0.368 e. The molecule has 0 saturated carbocycles. The Balaban J connectivity index is 2.50. The molecule has 0 aliphatic heterocycles. The molecular weight excluding hydrogens is 220 g/mol. The number of nitrogens with two attached hydrogens (primary N) is 1. The lowest BCUT2D eigenvalue weighted by Crippen LogP contribution is -2.30. The van der Waals surface area contributed by atoms with E-state index in [9.17, 15) is 9.59 Å². The molecule has 3 N–H and O–H groups in total. The van der Waals surface area contributed by atoms with Crippen LogP contribution in [-0.2, 0) is 20.8 Å². The molecule has 5 nitrogen and oxygen atoms in total. The Labute approximate surface area is 99.9 Å². The number of hydrogen-bond donors (Lipinski definition) is 2. The Morgan fingerprint density at radius 3 is 2.71 bits per heavy atom. The molecule has 0 atom stereocenters. The lowest BCUT2D eigenvalue weighted by atomic mass is 10.0. The number of nitrogens with one attached hydrogen (secondary N) is 1. The van der Waals surface area contributed by atoms with E-state index in [4.69, 9.17) is 5.73 Å². The fraction of sp³-hybridized carbons (Fsp3) is 0.333. The Morgan fingerprint density at radius 1 is 1.35 bits per heavy atom. The number of aryl methyl sites for hydroxylation is 2. The maximum atomic E-state index is 11.5. The van der Waals surface area contributed by atoms with Gasteiger partial charge in [0.15, 0.2) is 6.61 Å². The first kappa shape index (κ1) is 13.2. The zero-order valence-corrected chi connectivity index (χ0v) is 9.95. The van der Waals surface area contributed by atoms with Gasteiger partial charge in [-0.2, -0.15) is 0 Å². The number of hydroxylamine groups is 1. The van der Waals surface area contributed by atoms with Crippen molar-refractivity contribution in [2.24, 2.45) is 5.73 Å². The van der Waals surface area contributed by atoms with Crippen molar-refractivity contribution < 1.29 is 14.4 Å². The third-order valence-electron chi connectivity index (χ3n) is 2.26. The van der Waals surface area contributed by atoms with Gasteiger partial charge in [-0.3, -0.25) is 14.4 Å². The monoisotopic (exact) mass is 236 g/mol. The maximum absolute atomic E-state index is 11.5. The normalized spacial score (nSPS) is 10.0. The van der Waals surface area contributed by atoms with E-state index >= 15 is 0 Å². The predicted molar refractivity (Wildman–Crippen MR) is 62.9 cm³/mol. The van der Waals surface area contributed by atoms with Crippen molar-refractivity contribution in [2.45, 2.75) is 20.3 Å². The van der Waals surface area contributed by atoms with Crippen molar-refractivity contribution >= 4 is 11.8 Å². The zero-order valence-electron chi connectivity index (χ0n) is 9.95. The summed E-state index contributed by atoms with van der Waals surface area (Å²) in [5.41, 5.74) is 10.1. The van der Waals surface area contributed by atoms with Gasteiger partial charge in [0, 0.05) is 0 Å². The van der Waals surface area contributed by atoms with Crippen LogP contribution in [0.3, 0.4) is 0 Å². The SMILES string of the molecule is Cc1ccc(C)c(CC(=O)NOCC(N)=O)c1. The van der Waals surface area contributed by atoms with E-state index in [0.29, 0.717) is 0 Å². The lowest BCUT2D eigenvalue weighted by Gasteiger charge is -2.07. The standard InChI is InChI=1S/C12H16N2O3/c1-8-3-4-9(2)10(5-8)6-12(16)14-17-7-11(13)15/h3-5H,6-7H2,1-2H3,(H2,13,15)(H,14,16). The van der Waals surface area contributed by atoms with E-state index in [1.165, 1.54) is 0 Å². The van der Waals surface area contributed by atoms with Crippen LogP contribution in [0.5, 0.6) is 0 Å². The van der Waals surface area contributed by atoms with E-state index < -0.39 is 5.91 Å². The molecule has 0 aromatic heterocycles. The highest BCUT2D eigenvalue weighted by molar-refractivity contribution is 5.79. The molecule has 1 aromatic carbocycles. The number of primary amides is 1. The van der Waals surface area contributed by atoms with Gasteiger partial charge < -0.3 is 5.73 Å². The summed E-state index contributed by atoms with van der Waals surface area (Å²) < 4.78 is 0. The average molecular weight is 236 g/mol. The number of rotatable bonds is 5. The van der Waals surface area contributed by atoms with Crippen molar-refractivity contribution in [3.8, 4) is 0 Å². The van der Waals surface area contributed by atoms with Crippen LogP contribution in [0.25, 0.3) is 0 Å². The van der Waals surface area contributed by atoms with Crippen LogP contribution in [0.15, 0.2) is 18.2 Å². The van der Waals surface area contributed by atoms with Gasteiger partial charge in [0.2, 0.25) is 11.8 Å². The molecule has 0 radical (unpaired) electrons. The van der Waals surface area contributed by atoms with Gasteiger partial charge in [-0.05, 0) is 25.0 Å². The number of carbonyl (C=O) groups is 2. The molecule has 1 rings (SSSR count). The van der Waals surface area contributed by atoms with Crippen molar-refractivity contribution in [2.75, 3.05) is 6.61 Å². The van der Waals surface area contributed by atoms with E-state index in [1.807, 2.05) is 32.0 Å². The predicted octanol–water partition coefficient (Wildman–Crippen LogP) is 0.379. The molecule has 0 spiro atoms. The molecule has 1 aromatic rings. The molecule has 0 bridgehead atoms. The van der Waals surface area contributed by atoms with Gasteiger partial charge in [0.1, 0.15) is 0 Å². The van der Waals surface area contributed by atoms with Crippen molar-refractivity contribution in [3.05, 3.63) is 34.9 Å². The molecule has 0 heterocycles. The summed E-state index contributed by atoms with van der Waals surface area (Å²) in [6.45, 7) is 3.58. The molecule has 0 aliphatic carbocycles. The highest BCUT2D eigenvalue weighted by atomic mass is 16.7. The molecule has 0 unspecified atom stereocenters. The largest absolute Gasteiger partial charge is 0.368 e. The molecule has 5 heteroatoms. The van der Waals surface area contributed by atoms with Crippen LogP contribution < -0.4 is 11.2 Å². The summed E-state index contributed by atoms with van der Waals surface area (Å²) in [5.74, 6) is -0.933. The summed E-state index contributed by atoms with van der Waals surface area (Å²) in [6, 6.07) is 5.89. The average Bonchev–Trinajstić information content (AvgIpc) is 2.23. The molecule has 0 aliphatic rings. The van der Waals surface area contributed by atoms with Crippen LogP contribution in [0.1, 0.15) is 16.7 Å². The Hall–Kier alpha value is -1.88. The summed E-state index contributed by atoms with van der Waals surface area (Å²) in [6.07, 6.45) is 0.215. The highest BCUT2D eigenvalue weighted by Crippen LogP contribution is 2.11. The van der Waals surface area contributed by atoms with Crippen molar-refractivity contribution in [1.29, 1.82) is 0 Å². The third-order valence-corrected chi connectivity index (χ3v) is 2.26. The van der Waals surface area contributed by atoms with Crippen molar-refractivity contribution in [1.82, 2.24) is 5.48 Å². The Bertz CT molecular complexity index is 430. The van der Waals surface area contributed by atoms with E-state index in [-0.39, 0.29) is 18.9 Å². The topological polar surface area (TPSA) is 81.4 Å². The quantitative estimate of drug-likeness (QED) is 0.725. The molecule has 0 fully saturated rings. The van der Waals surface area contributed by atoms with E-state index in [0.717, 1.165) is 16.7 Å². The highest BCUT2D eigenvalue weighted by Gasteiger charge is 2.06. The summed E-state index contributed by atoms with van der Waals surface area (Å²) in [5, 5.41) is 0. The fourth-order valence-corrected chi connectivity index (χ4v) is 1.39. The van der Waals surface area contributed by atoms with Gasteiger partial charge >= 0.3 is 0 Å². The molecular formula is C12H16N2O3. The summed E-state index contributed by atoms with van der Waals surface area (Å²) in [7, 11) is 0. The molecule has 92 valence electrons. The second kappa shape index (κ2) is 6.00. The van der Waals surface area contributed by atoms with Crippen LogP contribution in [0, 0.1) is 13.8 Å². The molecule has 0 saturated heterocycles. The van der Waals surface area contributed by atoms with Gasteiger partial charge in [0.25, 0.3) is 0 Å². The van der Waals surface area contributed by atoms with Gasteiger partial charge in [-0.1, -0.05) is 23.8 Å². The van der Waals surface area contributed by atoms with Gasteiger partial charge in [0.05, 0.1) is 6.42 Å². The first-order chi connectivity index (χ1) is 7.99. The molecule has 17 heavy (non-hydrogen) atoms. The first-order valence-corrected chi connectivity index (χ1v) is 5.24. The summed E-state index contributed by atoms with van der Waals surface area (Å²) in [4.78, 5) is 26.5. The Morgan fingerprint density at radius 2 is 2.06 bits per heavy atom. The smallest absolute Gasteiger partial charge is 0.247 e. The molecule has 2 amide bonds. The minimum atomic E-state index is -0.628. The fourth-order valence-electron chi connectivity index (χ4n) is 1.39. The van der Waals surface area contributed by atoms with Gasteiger partial charge in [-0.15, -0.1) is 0 Å². The van der Waals surface area contributed by atoms with E-state index in [1.54, 1.807) is 0 Å².